The van der Waals surface area contributed by atoms with E-state index >= 15 is 0 Å². The van der Waals surface area contributed by atoms with Crippen LogP contribution in [0.25, 0.3) is 0 Å². The van der Waals surface area contributed by atoms with E-state index in [1.165, 1.54) is 6.08 Å². The molecule has 86 valence electrons. The first-order chi connectivity index (χ1) is 6.77. The van der Waals surface area contributed by atoms with Crippen LogP contribution in [0.1, 0.15) is 12.8 Å². The average molecular weight is 225 g/mol. The van der Waals surface area contributed by atoms with E-state index in [1.54, 1.807) is 5.32 Å². The Bertz CT molecular complexity index is 262. The summed E-state index contributed by atoms with van der Waals surface area (Å²) in [5, 5.41) is 9.93. The highest BCUT2D eigenvalue weighted by Crippen LogP contribution is 2.15. The van der Waals surface area contributed by atoms with Crippen LogP contribution in [0.2, 0.25) is 0 Å². The fourth-order valence-electron chi connectivity index (χ4n) is 0.872. The molecule has 0 unspecified atom stereocenters. The van der Waals surface area contributed by atoms with E-state index in [2.05, 4.69) is 6.58 Å². The highest BCUT2D eigenvalue weighted by Gasteiger charge is 2.39. The molecule has 0 aliphatic heterocycles. The molecule has 0 saturated heterocycles. The number of amides is 1. The van der Waals surface area contributed by atoms with Crippen molar-refractivity contribution in [3.63, 3.8) is 0 Å². The van der Waals surface area contributed by atoms with E-state index in [9.17, 15) is 22.8 Å². The zero-order valence-electron chi connectivity index (χ0n) is 7.67. The molecular weight excluding hydrogens is 215 g/mol. The van der Waals surface area contributed by atoms with Crippen LogP contribution >= 0.6 is 0 Å². The maximum atomic E-state index is 11.8. The fraction of sp³-hybridized carbons (Fsp3) is 0.500. The Hall–Kier alpha value is -1.53. The van der Waals surface area contributed by atoms with Gasteiger partial charge in [-0.3, -0.25) is 9.59 Å². The quantitative estimate of drug-likeness (QED) is 0.688. The number of carbonyl (C=O) groups is 2. The SMILES string of the molecule is C=CC[C@@H](CC(=O)O)NC(=O)C(F)(F)F. The minimum atomic E-state index is -5.00. The number of hydrogen-bond donors (Lipinski definition) is 2. The number of carboxylic acid groups (broad SMARTS) is 1. The minimum absolute atomic E-state index is 0.0336. The molecule has 0 bridgehead atoms. The maximum absolute atomic E-state index is 11.8. The molecule has 0 heterocycles. The van der Waals surface area contributed by atoms with Crippen molar-refractivity contribution in [3.05, 3.63) is 12.7 Å². The van der Waals surface area contributed by atoms with Gasteiger partial charge in [-0.15, -0.1) is 6.58 Å². The zero-order valence-corrected chi connectivity index (χ0v) is 7.67. The summed E-state index contributed by atoms with van der Waals surface area (Å²) in [6.45, 7) is 3.25. The molecule has 15 heavy (non-hydrogen) atoms. The number of carboxylic acids is 1. The van der Waals surface area contributed by atoms with Crippen molar-refractivity contribution in [2.45, 2.75) is 25.1 Å². The number of aliphatic carboxylic acids is 1. The summed E-state index contributed by atoms with van der Waals surface area (Å²) in [5.41, 5.74) is 0. The van der Waals surface area contributed by atoms with Crippen LogP contribution in [-0.4, -0.2) is 29.2 Å². The van der Waals surface area contributed by atoms with E-state index in [-0.39, 0.29) is 6.42 Å². The Morgan fingerprint density at radius 2 is 2.00 bits per heavy atom. The van der Waals surface area contributed by atoms with Gasteiger partial charge in [-0.2, -0.15) is 13.2 Å². The van der Waals surface area contributed by atoms with Gasteiger partial charge in [-0.1, -0.05) is 6.08 Å². The van der Waals surface area contributed by atoms with Crippen molar-refractivity contribution >= 4 is 11.9 Å². The molecule has 0 saturated carbocycles. The summed E-state index contributed by atoms with van der Waals surface area (Å²) in [7, 11) is 0. The summed E-state index contributed by atoms with van der Waals surface area (Å²) in [5.74, 6) is -3.43. The van der Waals surface area contributed by atoms with Crippen LogP contribution in [0.5, 0.6) is 0 Å². The van der Waals surface area contributed by atoms with Gasteiger partial charge in [-0.25, -0.2) is 0 Å². The Kier molecular flexibility index (Phi) is 4.83. The fourth-order valence-corrected chi connectivity index (χ4v) is 0.872. The predicted octanol–water partition coefficient (Wildman–Crippen LogP) is 1.08. The number of alkyl halides is 3. The summed E-state index contributed by atoms with van der Waals surface area (Å²) in [6.07, 6.45) is -4.37. The van der Waals surface area contributed by atoms with Gasteiger partial charge >= 0.3 is 18.1 Å². The average Bonchev–Trinajstić information content (AvgIpc) is 2.01. The Labute approximate surface area is 83.8 Å². The number of halogens is 3. The highest BCUT2D eigenvalue weighted by atomic mass is 19.4. The summed E-state index contributed by atoms with van der Waals surface area (Å²) in [6, 6.07) is -1.09. The lowest BCUT2D eigenvalue weighted by atomic mass is 10.1. The number of nitrogens with one attached hydrogen (secondary N) is 1. The number of hydrogen-bond acceptors (Lipinski definition) is 2. The van der Waals surface area contributed by atoms with Crippen molar-refractivity contribution in [2.24, 2.45) is 0 Å². The molecule has 2 N–H and O–H groups in total. The largest absolute Gasteiger partial charge is 0.481 e. The second kappa shape index (κ2) is 5.38. The van der Waals surface area contributed by atoms with Crippen LogP contribution in [0.15, 0.2) is 12.7 Å². The molecule has 7 heteroatoms. The molecule has 0 rings (SSSR count). The molecule has 4 nitrogen and oxygen atoms in total. The van der Waals surface area contributed by atoms with Crippen LogP contribution in [0, 0.1) is 0 Å². The third-order valence-electron chi connectivity index (χ3n) is 1.46. The van der Waals surface area contributed by atoms with Crippen LogP contribution < -0.4 is 5.32 Å². The molecular formula is C8H10F3NO3. The summed E-state index contributed by atoms with van der Waals surface area (Å²) >= 11 is 0. The highest BCUT2D eigenvalue weighted by molar-refractivity contribution is 5.82. The molecule has 1 amide bonds. The van der Waals surface area contributed by atoms with Gasteiger partial charge < -0.3 is 10.4 Å². The Morgan fingerprint density at radius 3 is 2.33 bits per heavy atom. The van der Waals surface area contributed by atoms with Crippen LogP contribution in [0.4, 0.5) is 13.2 Å². The van der Waals surface area contributed by atoms with Crippen molar-refractivity contribution in [3.8, 4) is 0 Å². The van der Waals surface area contributed by atoms with Crippen LogP contribution in [0.3, 0.4) is 0 Å². The van der Waals surface area contributed by atoms with E-state index in [0.717, 1.165) is 0 Å². The number of rotatable bonds is 5. The second-order valence-corrected chi connectivity index (χ2v) is 2.79. The normalized spacial score (nSPS) is 13.0. The minimum Gasteiger partial charge on any atom is -0.481 e. The maximum Gasteiger partial charge on any atom is 0.471 e. The smallest absolute Gasteiger partial charge is 0.471 e. The van der Waals surface area contributed by atoms with Gasteiger partial charge in [0.2, 0.25) is 0 Å². The van der Waals surface area contributed by atoms with Gasteiger partial charge in [0.15, 0.2) is 0 Å². The van der Waals surface area contributed by atoms with Crippen molar-refractivity contribution in [1.29, 1.82) is 0 Å². The summed E-state index contributed by atoms with van der Waals surface area (Å²) in [4.78, 5) is 20.7. The van der Waals surface area contributed by atoms with Crippen molar-refractivity contribution in [2.75, 3.05) is 0 Å². The predicted molar refractivity (Wildman–Crippen MR) is 45.1 cm³/mol. The molecule has 1 atom stereocenters. The molecule has 0 aliphatic rings. The van der Waals surface area contributed by atoms with Crippen molar-refractivity contribution in [1.82, 2.24) is 5.32 Å². The lowest BCUT2D eigenvalue weighted by Crippen LogP contribution is -2.43. The van der Waals surface area contributed by atoms with Crippen molar-refractivity contribution < 1.29 is 27.9 Å². The van der Waals surface area contributed by atoms with Gasteiger partial charge in [0, 0.05) is 6.04 Å². The van der Waals surface area contributed by atoms with E-state index in [1.807, 2.05) is 0 Å². The van der Waals surface area contributed by atoms with Gasteiger partial charge in [0.25, 0.3) is 0 Å². The van der Waals surface area contributed by atoms with Gasteiger partial charge in [0.05, 0.1) is 6.42 Å². The molecule has 0 aromatic heterocycles. The Balaban J connectivity index is 4.34. The van der Waals surface area contributed by atoms with E-state index < -0.39 is 30.5 Å². The first kappa shape index (κ1) is 13.5. The molecule has 0 aromatic rings. The second-order valence-electron chi connectivity index (χ2n) is 2.79. The molecule has 0 fully saturated rings. The molecule has 0 aliphatic carbocycles. The molecule has 0 aromatic carbocycles. The Morgan fingerprint density at radius 1 is 1.47 bits per heavy atom. The molecule has 0 spiro atoms. The zero-order chi connectivity index (χ0) is 12.1. The summed E-state index contributed by atoms with van der Waals surface area (Å²) < 4.78 is 35.4. The standard InChI is InChI=1S/C8H10F3NO3/c1-2-3-5(4-6(13)14)12-7(15)8(9,10)11/h2,5H,1,3-4H2,(H,12,15)(H,13,14)/t5-/m0/s1. The molecule has 0 radical (unpaired) electrons. The first-order valence-corrected chi connectivity index (χ1v) is 3.97. The van der Waals surface area contributed by atoms with E-state index in [4.69, 9.17) is 5.11 Å². The third-order valence-corrected chi connectivity index (χ3v) is 1.46. The lowest BCUT2D eigenvalue weighted by Gasteiger charge is -2.15. The van der Waals surface area contributed by atoms with E-state index in [0.29, 0.717) is 0 Å². The topological polar surface area (TPSA) is 66.4 Å². The lowest BCUT2D eigenvalue weighted by molar-refractivity contribution is -0.174. The third kappa shape index (κ3) is 5.71. The van der Waals surface area contributed by atoms with Gasteiger partial charge in [-0.05, 0) is 6.42 Å². The first-order valence-electron chi connectivity index (χ1n) is 3.97. The number of carbonyl (C=O) groups excluding carboxylic acids is 1. The van der Waals surface area contributed by atoms with Gasteiger partial charge in [0.1, 0.15) is 0 Å². The van der Waals surface area contributed by atoms with Crippen LogP contribution in [-0.2, 0) is 9.59 Å². The monoisotopic (exact) mass is 225 g/mol.